The van der Waals surface area contributed by atoms with Gasteiger partial charge >= 0.3 is 0 Å². The number of aliphatic hydroxyl groups is 2. The summed E-state index contributed by atoms with van der Waals surface area (Å²) in [5.41, 5.74) is 0.158. The van der Waals surface area contributed by atoms with Gasteiger partial charge in [0, 0.05) is 6.54 Å². The first-order valence-electron chi connectivity index (χ1n) is 5.58. The maximum Gasteiger partial charge on any atom is 0.240 e. The second kappa shape index (κ2) is 5.36. The van der Waals surface area contributed by atoms with Crippen LogP contribution in [0.25, 0.3) is 0 Å². The molecule has 0 amide bonds. The third-order valence-electron chi connectivity index (χ3n) is 2.60. The average Bonchev–Trinajstić information content (AvgIpc) is 2.26. The lowest BCUT2D eigenvalue weighted by atomic mass is 10.1. The Hall–Kier alpha value is -0.950. The summed E-state index contributed by atoms with van der Waals surface area (Å²) in [6, 6.07) is 5.02. The number of rotatable bonds is 5. The van der Waals surface area contributed by atoms with Gasteiger partial charge in [-0.15, -0.1) is 0 Å². The van der Waals surface area contributed by atoms with E-state index in [0.717, 1.165) is 5.56 Å². The highest BCUT2D eigenvalue weighted by Crippen LogP contribution is 2.16. The van der Waals surface area contributed by atoms with Gasteiger partial charge in [-0.05, 0) is 32.4 Å². The van der Waals surface area contributed by atoms with Crippen molar-refractivity contribution in [1.82, 2.24) is 4.72 Å². The van der Waals surface area contributed by atoms with Crippen LogP contribution < -0.4 is 4.72 Å². The molecular weight excluding hydrogens is 254 g/mol. The van der Waals surface area contributed by atoms with Crippen LogP contribution in [0.3, 0.4) is 0 Å². The molecule has 0 aromatic heterocycles. The summed E-state index contributed by atoms with van der Waals surface area (Å²) >= 11 is 0. The third kappa shape index (κ3) is 3.78. The molecule has 0 aliphatic heterocycles. The van der Waals surface area contributed by atoms with Gasteiger partial charge in [0.15, 0.2) is 0 Å². The van der Waals surface area contributed by atoms with Crippen molar-refractivity contribution in [2.24, 2.45) is 0 Å². The van der Waals surface area contributed by atoms with Crippen LogP contribution in [0.2, 0.25) is 0 Å². The third-order valence-corrected chi connectivity index (χ3v) is 4.17. The summed E-state index contributed by atoms with van der Waals surface area (Å²) in [6.45, 7) is 4.21. The Bertz CT molecular complexity index is 523. The normalized spacial score (nSPS) is 15.4. The Morgan fingerprint density at radius 1 is 1.33 bits per heavy atom. The van der Waals surface area contributed by atoms with E-state index in [1.165, 1.54) is 13.0 Å². The van der Waals surface area contributed by atoms with Gasteiger partial charge in [-0.2, -0.15) is 0 Å². The largest absolute Gasteiger partial charge is 0.393 e. The molecule has 0 saturated carbocycles. The molecule has 3 N–H and O–H groups in total. The number of sulfonamides is 1. The second-order valence-electron chi connectivity index (χ2n) is 4.75. The van der Waals surface area contributed by atoms with E-state index in [-0.39, 0.29) is 11.4 Å². The quantitative estimate of drug-likeness (QED) is 0.721. The number of nitrogens with one attached hydrogen (secondary N) is 1. The van der Waals surface area contributed by atoms with Crippen molar-refractivity contribution < 1.29 is 18.6 Å². The van der Waals surface area contributed by atoms with Crippen molar-refractivity contribution >= 4 is 10.0 Å². The Morgan fingerprint density at radius 3 is 2.44 bits per heavy atom. The van der Waals surface area contributed by atoms with Gasteiger partial charge in [0.2, 0.25) is 10.0 Å². The second-order valence-corrected chi connectivity index (χ2v) is 6.48. The summed E-state index contributed by atoms with van der Waals surface area (Å²) in [5.74, 6) is 0. The molecule has 0 aliphatic rings. The van der Waals surface area contributed by atoms with E-state index in [4.69, 9.17) is 5.11 Å². The molecule has 102 valence electrons. The summed E-state index contributed by atoms with van der Waals surface area (Å²) < 4.78 is 26.3. The topological polar surface area (TPSA) is 86.6 Å². The highest BCUT2D eigenvalue weighted by atomic mass is 32.2. The monoisotopic (exact) mass is 273 g/mol. The van der Waals surface area contributed by atoms with Crippen LogP contribution in [0.15, 0.2) is 23.1 Å². The maximum absolute atomic E-state index is 12.0. The van der Waals surface area contributed by atoms with Crippen molar-refractivity contribution in [1.29, 1.82) is 0 Å². The molecule has 1 aromatic carbocycles. The molecule has 0 spiro atoms. The van der Waals surface area contributed by atoms with E-state index in [1.54, 1.807) is 19.1 Å². The number of benzene rings is 1. The number of hydrogen-bond donors (Lipinski definition) is 3. The van der Waals surface area contributed by atoms with Crippen LogP contribution in [0.5, 0.6) is 0 Å². The lowest BCUT2D eigenvalue weighted by Gasteiger charge is -2.21. The van der Waals surface area contributed by atoms with Gasteiger partial charge in [0.1, 0.15) is 0 Å². The fraction of sp³-hybridized carbons (Fsp3) is 0.500. The zero-order chi connectivity index (χ0) is 14.0. The molecule has 1 rings (SSSR count). The standard InChI is InChI=1S/C12H19NO4S/c1-9-4-5-11(10(2)6-9)18(16,17)13-7-12(3,15)8-14/h4-6,13-15H,7-8H2,1-3H3. The van der Waals surface area contributed by atoms with Crippen LogP contribution in [0, 0.1) is 13.8 Å². The lowest BCUT2D eigenvalue weighted by molar-refractivity contribution is 0.00681. The van der Waals surface area contributed by atoms with Gasteiger partial charge < -0.3 is 10.2 Å². The Labute approximate surface area is 108 Å². The van der Waals surface area contributed by atoms with Crippen molar-refractivity contribution in [3.8, 4) is 0 Å². The summed E-state index contributed by atoms with van der Waals surface area (Å²) in [5, 5.41) is 18.4. The highest BCUT2D eigenvalue weighted by molar-refractivity contribution is 7.89. The van der Waals surface area contributed by atoms with Gasteiger partial charge in [-0.1, -0.05) is 17.7 Å². The molecule has 1 atom stereocenters. The number of aliphatic hydroxyl groups excluding tert-OH is 1. The first kappa shape index (κ1) is 15.1. The molecule has 5 nitrogen and oxygen atoms in total. The summed E-state index contributed by atoms with van der Waals surface area (Å²) in [6.07, 6.45) is 0. The van der Waals surface area contributed by atoms with Crippen LogP contribution >= 0.6 is 0 Å². The van der Waals surface area contributed by atoms with Gasteiger partial charge in [-0.25, -0.2) is 13.1 Å². The van der Waals surface area contributed by atoms with E-state index in [2.05, 4.69) is 4.72 Å². The minimum absolute atomic E-state index is 0.182. The highest BCUT2D eigenvalue weighted by Gasteiger charge is 2.24. The first-order chi connectivity index (χ1) is 8.18. The van der Waals surface area contributed by atoms with E-state index >= 15 is 0 Å². The van der Waals surface area contributed by atoms with E-state index in [9.17, 15) is 13.5 Å². The molecule has 0 heterocycles. The Balaban J connectivity index is 2.94. The van der Waals surface area contributed by atoms with Gasteiger partial charge in [0.05, 0.1) is 17.1 Å². The minimum Gasteiger partial charge on any atom is -0.393 e. The van der Waals surface area contributed by atoms with Crippen LogP contribution in [0.4, 0.5) is 0 Å². The van der Waals surface area contributed by atoms with Crippen LogP contribution in [-0.4, -0.2) is 37.4 Å². The molecule has 0 aliphatic carbocycles. The predicted molar refractivity (Wildman–Crippen MR) is 68.8 cm³/mol. The summed E-state index contributed by atoms with van der Waals surface area (Å²) in [7, 11) is -3.67. The zero-order valence-electron chi connectivity index (χ0n) is 10.8. The summed E-state index contributed by atoms with van der Waals surface area (Å²) in [4.78, 5) is 0.182. The van der Waals surface area contributed by atoms with E-state index in [1.807, 2.05) is 6.92 Å². The molecule has 18 heavy (non-hydrogen) atoms. The van der Waals surface area contributed by atoms with Crippen molar-refractivity contribution in [2.45, 2.75) is 31.3 Å². The maximum atomic E-state index is 12.0. The molecular formula is C12H19NO4S. The lowest BCUT2D eigenvalue weighted by Crippen LogP contribution is -2.43. The zero-order valence-corrected chi connectivity index (χ0v) is 11.6. The van der Waals surface area contributed by atoms with Crippen LogP contribution in [-0.2, 0) is 10.0 Å². The molecule has 1 unspecified atom stereocenters. The molecule has 0 fully saturated rings. The number of aryl methyl sites for hydroxylation is 2. The van der Waals surface area contributed by atoms with Crippen molar-refractivity contribution in [3.63, 3.8) is 0 Å². The Morgan fingerprint density at radius 2 is 1.94 bits per heavy atom. The molecule has 6 heteroatoms. The van der Waals surface area contributed by atoms with Gasteiger partial charge in [0.25, 0.3) is 0 Å². The van der Waals surface area contributed by atoms with Crippen LogP contribution in [0.1, 0.15) is 18.1 Å². The minimum atomic E-state index is -3.67. The van der Waals surface area contributed by atoms with Gasteiger partial charge in [-0.3, -0.25) is 0 Å². The predicted octanol–water partition coefficient (Wildman–Crippen LogP) is 0.325. The molecule has 1 aromatic rings. The molecule has 0 saturated heterocycles. The Kier molecular flexibility index (Phi) is 4.50. The molecule has 0 bridgehead atoms. The smallest absolute Gasteiger partial charge is 0.240 e. The van der Waals surface area contributed by atoms with Crippen molar-refractivity contribution in [3.05, 3.63) is 29.3 Å². The first-order valence-corrected chi connectivity index (χ1v) is 7.06. The van der Waals surface area contributed by atoms with E-state index in [0.29, 0.717) is 5.56 Å². The molecule has 0 radical (unpaired) electrons. The van der Waals surface area contributed by atoms with Crippen molar-refractivity contribution in [2.75, 3.05) is 13.2 Å². The number of hydrogen-bond acceptors (Lipinski definition) is 4. The SMILES string of the molecule is Cc1ccc(S(=O)(=O)NCC(C)(O)CO)c(C)c1. The van der Waals surface area contributed by atoms with E-state index < -0.39 is 22.2 Å². The average molecular weight is 273 g/mol. The fourth-order valence-electron chi connectivity index (χ4n) is 1.48. The fourth-order valence-corrected chi connectivity index (χ4v) is 2.87.